The lowest BCUT2D eigenvalue weighted by Gasteiger charge is -2.13. The molecule has 0 aliphatic heterocycles. The van der Waals surface area contributed by atoms with Crippen LogP contribution in [-0.2, 0) is 19.8 Å². The molecule has 4 nitrogen and oxygen atoms in total. The molecule has 1 N–H and O–H groups in total. The van der Waals surface area contributed by atoms with Gasteiger partial charge in [-0.15, -0.1) is 0 Å². The SMILES string of the molecule is CCn1nc(C)c(Br)c1COc1c(Cl)cc(Cl)cc1CO. The molecular formula is C14H15BrCl2N2O2. The number of aliphatic hydroxyl groups is 1. The van der Waals surface area contributed by atoms with Gasteiger partial charge in [0.05, 0.1) is 27.5 Å². The lowest BCUT2D eigenvalue weighted by molar-refractivity contribution is 0.254. The molecular weight excluding hydrogens is 379 g/mol. The van der Waals surface area contributed by atoms with E-state index >= 15 is 0 Å². The van der Waals surface area contributed by atoms with Crippen molar-refractivity contribution in [1.29, 1.82) is 0 Å². The van der Waals surface area contributed by atoms with Gasteiger partial charge >= 0.3 is 0 Å². The van der Waals surface area contributed by atoms with Crippen LogP contribution in [0.1, 0.15) is 23.9 Å². The predicted octanol–water partition coefficient (Wildman–Crippen LogP) is 4.35. The number of hydrogen-bond acceptors (Lipinski definition) is 3. The fourth-order valence-corrected chi connectivity index (χ4v) is 3.03. The Kier molecular flexibility index (Phi) is 5.54. The molecule has 0 radical (unpaired) electrons. The fourth-order valence-electron chi connectivity index (χ4n) is 2.04. The largest absolute Gasteiger partial charge is 0.485 e. The Morgan fingerprint density at radius 1 is 1.38 bits per heavy atom. The predicted molar refractivity (Wildman–Crippen MR) is 87.1 cm³/mol. The Labute approximate surface area is 141 Å². The van der Waals surface area contributed by atoms with E-state index in [-0.39, 0.29) is 6.61 Å². The van der Waals surface area contributed by atoms with Crippen LogP contribution in [-0.4, -0.2) is 14.9 Å². The second kappa shape index (κ2) is 7.01. The van der Waals surface area contributed by atoms with Crippen molar-refractivity contribution in [3.05, 3.63) is 43.6 Å². The quantitative estimate of drug-likeness (QED) is 0.821. The third-order valence-corrected chi connectivity index (χ3v) is 4.59. The summed E-state index contributed by atoms with van der Waals surface area (Å²) < 4.78 is 8.57. The zero-order valence-corrected chi connectivity index (χ0v) is 14.8. The molecule has 0 saturated heterocycles. The van der Waals surface area contributed by atoms with Crippen molar-refractivity contribution >= 4 is 39.1 Å². The van der Waals surface area contributed by atoms with E-state index in [1.54, 1.807) is 12.1 Å². The van der Waals surface area contributed by atoms with Gasteiger partial charge in [-0.2, -0.15) is 5.10 Å². The number of halogens is 3. The van der Waals surface area contributed by atoms with Crippen molar-refractivity contribution < 1.29 is 9.84 Å². The molecule has 0 atom stereocenters. The Balaban J connectivity index is 2.29. The minimum atomic E-state index is -0.192. The summed E-state index contributed by atoms with van der Waals surface area (Å²) in [6, 6.07) is 3.23. The van der Waals surface area contributed by atoms with Crippen LogP contribution in [0.5, 0.6) is 5.75 Å². The van der Waals surface area contributed by atoms with E-state index in [0.717, 1.165) is 22.4 Å². The molecule has 0 saturated carbocycles. The van der Waals surface area contributed by atoms with Gasteiger partial charge in [-0.05, 0) is 41.9 Å². The molecule has 21 heavy (non-hydrogen) atoms. The maximum atomic E-state index is 9.40. The summed E-state index contributed by atoms with van der Waals surface area (Å²) in [5, 5.41) is 14.6. The Morgan fingerprint density at radius 3 is 2.71 bits per heavy atom. The first kappa shape index (κ1) is 16.6. The lowest BCUT2D eigenvalue weighted by Crippen LogP contribution is -2.07. The zero-order valence-electron chi connectivity index (χ0n) is 11.7. The van der Waals surface area contributed by atoms with Crippen LogP contribution >= 0.6 is 39.1 Å². The first-order chi connectivity index (χ1) is 9.97. The monoisotopic (exact) mass is 392 g/mol. The molecule has 0 unspecified atom stereocenters. The highest BCUT2D eigenvalue weighted by molar-refractivity contribution is 9.10. The van der Waals surface area contributed by atoms with Gasteiger partial charge in [0, 0.05) is 17.1 Å². The highest BCUT2D eigenvalue weighted by Crippen LogP contribution is 2.33. The molecule has 0 bridgehead atoms. The summed E-state index contributed by atoms with van der Waals surface area (Å²) in [5.74, 6) is 0.442. The number of nitrogens with zero attached hydrogens (tertiary/aromatic N) is 2. The van der Waals surface area contributed by atoms with E-state index < -0.39 is 0 Å². The van der Waals surface area contributed by atoms with Crippen LogP contribution < -0.4 is 4.74 Å². The van der Waals surface area contributed by atoms with Gasteiger partial charge in [-0.1, -0.05) is 23.2 Å². The minimum Gasteiger partial charge on any atom is -0.485 e. The molecule has 1 heterocycles. The van der Waals surface area contributed by atoms with E-state index in [4.69, 9.17) is 27.9 Å². The second-order valence-electron chi connectivity index (χ2n) is 4.48. The first-order valence-corrected chi connectivity index (χ1v) is 7.96. The number of aryl methyl sites for hydroxylation is 2. The van der Waals surface area contributed by atoms with Gasteiger partial charge < -0.3 is 9.84 Å². The molecule has 0 aliphatic rings. The summed E-state index contributed by atoms with van der Waals surface area (Å²) in [5.41, 5.74) is 2.38. The normalized spacial score (nSPS) is 11.0. The maximum absolute atomic E-state index is 9.40. The number of hydrogen-bond donors (Lipinski definition) is 1. The van der Waals surface area contributed by atoms with Crippen molar-refractivity contribution in [1.82, 2.24) is 9.78 Å². The van der Waals surface area contributed by atoms with Gasteiger partial charge in [-0.3, -0.25) is 4.68 Å². The molecule has 1 aromatic carbocycles. The zero-order chi connectivity index (χ0) is 15.6. The van der Waals surface area contributed by atoms with Crippen molar-refractivity contribution in [2.45, 2.75) is 33.6 Å². The van der Waals surface area contributed by atoms with Crippen LogP contribution in [0.15, 0.2) is 16.6 Å². The van der Waals surface area contributed by atoms with Gasteiger partial charge in [0.1, 0.15) is 12.4 Å². The van der Waals surface area contributed by atoms with Gasteiger partial charge in [0.2, 0.25) is 0 Å². The van der Waals surface area contributed by atoms with Crippen molar-refractivity contribution in [2.75, 3.05) is 0 Å². The van der Waals surface area contributed by atoms with Crippen LogP contribution in [0.4, 0.5) is 0 Å². The minimum absolute atomic E-state index is 0.192. The molecule has 114 valence electrons. The van der Waals surface area contributed by atoms with Crippen LogP contribution in [0.25, 0.3) is 0 Å². The third kappa shape index (κ3) is 3.54. The van der Waals surface area contributed by atoms with E-state index in [0.29, 0.717) is 28.0 Å². The number of aliphatic hydroxyl groups excluding tert-OH is 1. The van der Waals surface area contributed by atoms with Crippen molar-refractivity contribution in [3.63, 3.8) is 0 Å². The summed E-state index contributed by atoms with van der Waals surface area (Å²) in [6.45, 7) is 4.78. The first-order valence-electron chi connectivity index (χ1n) is 6.41. The molecule has 2 rings (SSSR count). The molecule has 2 aromatic rings. The van der Waals surface area contributed by atoms with Crippen molar-refractivity contribution in [3.8, 4) is 5.75 Å². The Hall–Kier alpha value is -0.750. The summed E-state index contributed by atoms with van der Waals surface area (Å²) in [6.07, 6.45) is 0. The number of benzene rings is 1. The van der Waals surface area contributed by atoms with Gasteiger partial charge in [0.15, 0.2) is 0 Å². The number of aromatic nitrogens is 2. The molecule has 0 spiro atoms. The number of ether oxygens (including phenoxy) is 1. The smallest absolute Gasteiger partial charge is 0.144 e. The average Bonchev–Trinajstić information content (AvgIpc) is 2.72. The molecule has 1 aromatic heterocycles. The Morgan fingerprint density at radius 2 is 2.10 bits per heavy atom. The van der Waals surface area contributed by atoms with E-state index in [1.165, 1.54) is 0 Å². The summed E-state index contributed by atoms with van der Waals surface area (Å²) in [7, 11) is 0. The van der Waals surface area contributed by atoms with Crippen LogP contribution in [0, 0.1) is 6.92 Å². The van der Waals surface area contributed by atoms with Crippen molar-refractivity contribution in [2.24, 2.45) is 0 Å². The lowest BCUT2D eigenvalue weighted by atomic mass is 10.2. The number of rotatable bonds is 5. The molecule has 0 aliphatic carbocycles. The highest BCUT2D eigenvalue weighted by atomic mass is 79.9. The topological polar surface area (TPSA) is 47.3 Å². The van der Waals surface area contributed by atoms with E-state index in [9.17, 15) is 5.11 Å². The summed E-state index contributed by atoms with van der Waals surface area (Å²) >= 11 is 15.6. The highest BCUT2D eigenvalue weighted by Gasteiger charge is 2.15. The summed E-state index contributed by atoms with van der Waals surface area (Å²) in [4.78, 5) is 0. The van der Waals surface area contributed by atoms with E-state index in [2.05, 4.69) is 21.0 Å². The molecule has 0 amide bonds. The van der Waals surface area contributed by atoms with Crippen LogP contribution in [0.3, 0.4) is 0 Å². The van der Waals surface area contributed by atoms with Gasteiger partial charge in [-0.25, -0.2) is 0 Å². The standard InChI is InChI=1S/C14H15BrCl2N2O2/c1-3-19-12(13(15)8(2)18-19)7-21-14-9(6-20)4-10(16)5-11(14)17/h4-5,20H,3,6-7H2,1-2H3. The Bertz CT molecular complexity index is 659. The third-order valence-electron chi connectivity index (χ3n) is 3.06. The second-order valence-corrected chi connectivity index (χ2v) is 6.12. The maximum Gasteiger partial charge on any atom is 0.144 e. The fraction of sp³-hybridized carbons (Fsp3) is 0.357. The molecule has 7 heteroatoms. The average molecular weight is 394 g/mol. The van der Waals surface area contributed by atoms with Crippen LogP contribution in [0.2, 0.25) is 10.0 Å². The van der Waals surface area contributed by atoms with Gasteiger partial charge in [0.25, 0.3) is 0 Å². The van der Waals surface area contributed by atoms with E-state index in [1.807, 2.05) is 18.5 Å². The molecule has 0 fully saturated rings.